The highest BCUT2D eigenvalue weighted by Crippen LogP contribution is 2.35. The van der Waals surface area contributed by atoms with E-state index in [0.29, 0.717) is 58.7 Å². The van der Waals surface area contributed by atoms with Crippen molar-refractivity contribution in [2.24, 2.45) is 0 Å². The number of methoxy groups -OCH3 is 1. The maximum absolute atomic E-state index is 13.4. The third-order valence-corrected chi connectivity index (χ3v) is 5.74. The topological polar surface area (TPSA) is 68.3 Å². The maximum Gasteiger partial charge on any atom is 0.250 e. The Morgan fingerprint density at radius 3 is 2.63 bits per heavy atom. The minimum absolute atomic E-state index is 0.0277. The van der Waals surface area contributed by atoms with Gasteiger partial charge in [-0.3, -0.25) is 9.59 Å². The Hall–Kier alpha value is -1.96. The Balaban J connectivity index is 1.56. The van der Waals surface area contributed by atoms with Gasteiger partial charge in [0, 0.05) is 39.6 Å². The zero-order valence-electron chi connectivity index (χ0n) is 15.7. The molecule has 0 bridgehead atoms. The van der Waals surface area contributed by atoms with E-state index >= 15 is 0 Å². The molecule has 0 saturated carbocycles. The van der Waals surface area contributed by atoms with E-state index in [1.807, 2.05) is 29.2 Å². The molecule has 2 fully saturated rings. The van der Waals surface area contributed by atoms with E-state index in [0.717, 1.165) is 11.1 Å². The molecule has 1 aromatic carbocycles. The monoisotopic (exact) mass is 374 g/mol. The molecule has 146 valence electrons. The van der Waals surface area contributed by atoms with Crippen LogP contribution in [0, 0.1) is 0 Å². The molecule has 3 aliphatic rings. The Morgan fingerprint density at radius 1 is 1.22 bits per heavy atom. The average molecular weight is 374 g/mol. The summed E-state index contributed by atoms with van der Waals surface area (Å²) in [7, 11) is 1.60. The fourth-order valence-electron chi connectivity index (χ4n) is 4.27. The first-order valence-electron chi connectivity index (χ1n) is 9.56. The summed E-state index contributed by atoms with van der Waals surface area (Å²) in [4.78, 5) is 29.7. The van der Waals surface area contributed by atoms with Gasteiger partial charge in [-0.25, -0.2) is 0 Å². The van der Waals surface area contributed by atoms with Gasteiger partial charge < -0.3 is 24.0 Å². The van der Waals surface area contributed by atoms with Crippen molar-refractivity contribution in [3.05, 3.63) is 35.4 Å². The summed E-state index contributed by atoms with van der Waals surface area (Å²) in [5, 5.41) is 0. The van der Waals surface area contributed by atoms with Crippen molar-refractivity contribution in [3.63, 3.8) is 0 Å². The summed E-state index contributed by atoms with van der Waals surface area (Å²) in [6.45, 7) is 3.19. The zero-order chi connectivity index (χ0) is 18.9. The summed E-state index contributed by atoms with van der Waals surface area (Å²) in [6.07, 6.45) is 1.66. The number of hydrogen-bond donors (Lipinski definition) is 0. The van der Waals surface area contributed by atoms with Crippen LogP contribution in [0.15, 0.2) is 24.3 Å². The van der Waals surface area contributed by atoms with Crippen LogP contribution in [0.1, 0.15) is 30.0 Å². The van der Waals surface area contributed by atoms with Crippen LogP contribution in [0.2, 0.25) is 0 Å². The van der Waals surface area contributed by atoms with Gasteiger partial charge in [-0.2, -0.15) is 0 Å². The molecule has 2 saturated heterocycles. The van der Waals surface area contributed by atoms with Gasteiger partial charge in [-0.15, -0.1) is 0 Å². The third kappa shape index (κ3) is 3.47. The van der Waals surface area contributed by atoms with E-state index < -0.39 is 11.8 Å². The number of nitrogens with zero attached hydrogens (tertiary/aromatic N) is 2. The van der Waals surface area contributed by atoms with E-state index in [1.54, 1.807) is 12.0 Å². The molecule has 1 atom stereocenters. The third-order valence-electron chi connectivity index (χ3n) is 5.74. The van der Waals surface area contributed by atoms with Crippen LogP contribution in [0.3, 0.4) is 0 Å². The number of rotatable bonds is 4. The van der Waals surface area contributed by atoms with Crippen LogP contribution < -0.4 is 0 Å². The first-order valence-corrected chi connectivity index (χ1v) is 9.56. The summed E-state index contributed by atoms with van der Waals surface area (Å²) < 4.78 is 16.7. The first-order chi connectivity index (χ1) is 13.1. The minimum Gasteiger partial charge on any atom is -0.383 e. The standard InChI is InChI=1S/C20H26N2O5/c1-25-11-10-22-17(23)14-15-4-2-3-5-16(15)18(22)19(24)21-8-6-20(7-9-21)26-12-13-27-20/h2-5,18H,6-14H2,1H3/t18-/m0/s1. The Morgan fingerprint density at radius 2 is 1.93 bits per heavy atom. The highest BCUT2D eigenvalue weighted by atomic mass is 16.7. The molecular formula is C20H26N2O5. The van der Waals surface area contributed by atoms with Gasteiger partial charge in [-0.1, -0.05) is 24.3 Å². The molecule has 0 aliphatic carbocycles. The van der Waals surface area contributed by atoms with Crippen LogP contribution in [-0.2, 0) is 30.2 Å². The van der Waals surface area contributed by atoms with Crippen molar-refractivity contribution >= 4 is 11.8 Å². The Kier molecular flexibility index (Phi) is 5.16. The maximum atomic E-state index is 13.4. The summed E-state index contributed by atoms with van der Waals surface area (Å²) in [6, 6.07) is 7.15. The van der Waals surface area contributed by atoms with Crippen molar-refractivity contribution in [1.82, 2.24) is 9.80 Å². The second-order valence-electron chi connectivity index (χ2n) is 7.29. The molecule has 0 unspecified atom stereocenters. The molecule has 0 aromatic heterocycles. The smallest absolute Gasteiger partial charge is 0.250 e. The molecule has 27 heavy (non-hydrogen) atoms. The summed E-state index contributed by atoms with van der Waals surface area (Å²) in [5.41, 5.74) is 1.86. The molecular weight excluding hydrogens is 348 g/mol. The minimum atomic E-state index is -0.586. The van der Waals surface area contributed by atoms with Gasteiger partial charge >= 0.3 is 0 Å². The van der Waals surface area contributed by atoms with Gasteiger partial charge in [0.15, 0.2) is 5.79 Å². The second kappa shape index (κ2) is 7.58. The molecule has 7 heteroatoms. The Bertz CT molecular complexity index is 706. The fourth-order valence-corrected chi connectivity index (χ4v) is 4.27. The molecule has 0 N–H and O–H groups in total. The van der Waals surface area contributed by atoms with E-state index in [9.17, 15) is 9.59 Å². The van der Waals surface area contributed by atoms with Crippen LogP contribution in [-0.4, -0.2) is 74.0 Å². The highest BCUT2D eigenvalue weighted by molar-refractivity contribution is 5.92. The molecule has 7 nitrogen and oxygen atoms in total. The van der Waals surface area contributed by atoms with Gasteiger partial charge in [-0.05, 0) is 11.1 Å². The van der Waals surface area contributed by atoms with Gasteiger partial charge in [0.25, 0.3) is 0 Å². The SMILES string of the molecule is COCCN1C(=O)Cc2ccccc2[C@H]1C(=O)N1CCC2(CC1)OCCO2. The van der Waals surface area contributed by atoms with Crippen molar-refractivity contribution < 1.29 is 23.8 Å². The molecule has 0 radical (unpaired) electrons. The fraction of sp³-hybridized carbons (Fsp3) is 0.600. The predicted molar refractivity (Wildman–Crippen MR) is 96.9 cm³/mol. The van der Waals surface area contributed by atoms with Gasteiger partial charge in [0.05, 0.1) is 26.2 Å². The summed E-state index contributed by atoms with van der Waals surface area (Å²) in [5.74, 6) is -0.577. The number of fused-ring (bicyclic) bond motifs is 1. The van der Waals surface area contributed by atoms with E-state index in [1.165, 1.54) is 0 Å². The second-order valence-corrected chi connectivity index (χ2v) is 7.29. The zero-order valence-corrected chi connectivity index (χ0v) is 15.7. The van der Waals surface area contributed by atoms with E-state index in [4.69, 9.17) is 14.2 Å². The van der Waals surface area contributed by atoms with Crippen LogP contribution in [0.4, 0.5) is 0 Å². The van der Waals surface area contributed by atoms with Crippen LogP contribution >= 0.6 is 0 Å². The number of carbonyl (C=O) groups is 2. The largest absolute Gasteiger partial charge is 0.383 e. The molecule has 1 aromatic rings. The number of piperidine rings is 1. The Labute approximate surface area is 159 Å². The van der Waals surface area contributed by atoms with Crippen molar-refractivity contribution in [3.8, 4) is 0 Å². The normalized spacial score (nSPS) is 24.3. The quantitative estimate of drug-likeness (QED) is 0.790. The number of amides is 2. The number of likely N-dealkylation sites (tertiary alicyclic amines) is 1. The lowest BCUT2D eigenvalue weighted by Gasteiger charge is -2.42. The molecule has 3 aliphatic heterocycles. The number of hydrogen-bond acceptors (Lipinski definition) is 5. The molecule has 2 amide bonds. The van der Waals surface area contributed by atoms with Crippen molar-refractivity contribution in [2.75, 3.05) is 46.6 Å². The van der Waals surface area contributed by atoms with Crippen molar-refractivity contribution in [2.45, 2.75) is 31.1 Å². The number of ether oxygens (including phenoxy) is 3. The molecule has 3 heterocycles. The lowest BCUT2D eigenvalue weighted by molar-refractivity contribution is -0.189. The summed E-state index contributed by atoms with van der Waals surface area (Å²) >= 11 is 0. The van der Waals surface area contributed by atoms with E-state index in [-0.39, 0.29) is 11.8 Å². The predicted octanol–water partition coefficient (Wildman–Crippen LogP) is 1.12. The van der Waals surface area contributed by atoms with Gasteiger partial charge in [0.2, 0.25) is 11.8 Å². The number of carbonyl (C=O) groups excluding carboxylic acids is 2. The first kappa shape index (κ1) is 18.4. The van der Waals surface area contributed by atoms with Crippen LogP contribution in [0.25, 0.3) is 0 Å². The van der Waals surface area contributed by atoms with Crippen molar-refractivity contribution in [1.29, 1.82) is 0 Å². The van der Waals surface area contributed by atoms with Gasteiger partial charge in [0.1, 0.15) is 6.04 Å². The van der Waals surface area contributed by atoms with Crippen LogP contribution in [0.5, 0.6) is 0 Å². The molecule has 1 spiro atoms. The highest BCUT2D eigenvalue weighted by Gasteiger charge is 2.44. The number of benzene rings is 1. The lowest BCUT2D eigenvalue weighted by atomic mass is 9.90. The van der Waals surface area contributed by atoms with E-state index in [2.05, 4.69) is 0 Å². The molecule has 4 rings (SSSR count). The lowest BCUT2D eigenvalue weighted by Crippen LogP contribution is -2.53. The average Bonchev–Trinajstić information content (AvgIpc) is 3.14.